The molecule has 15 heteroatoms. The summed E-state index contributed by atoms with van der Waals surface area (Å²) in [6, 6.07) is 5.64. The van der Waals surface area contributed by atoms with Crippen molar-refractivity contribution in [3.8, 4) is 11.4 Å². The van der Waals surface area contributed by atoms with Crippen LogP contribution >= 0.6 is 0 Å². The van der Waals surface area contributed by atoms with Gasteiger partial charge < -0.3 is 19.9 Å². The van der Waals surface area contributed by atoms with Crippen LogP contribution in [0.2, 0.25) is 0 Å². The fourth-order valence-corrected chi connectivity index (χ4v) is 3.42. The number of anilines is 2. The highest BCUT2D eigenvalue weighted by molar-refractivity contribution is 6.14. The van der Waals surface area contributed by atoms with Crippen molar-refractivity contribution in [2.75, 3.05) is 10.6 Å². The molecule has 1 aromatic carbocycles. The first kappa shape index (κ1) is 32.1. The second-order valence-corrected chi connectivity index (χ2v) is 12.2. The molecule has 42 heavy (non-hydrogen) atoms. The predicted octanol–water partition coefficient (Wildman–Crippen LogP) is 6.55. The molecule has 0 unspecified atom stereocenters. The summed E-state index contributed by atoms with van der Waals surface area (Å²) >= 11 is 0. The van der Waals surface area contributed by atoms with E-state index >= 15 is 0 Å². The first-order valence-corrected chi connectivity index (χ1v) is 12.7. The third-order valence-corrected chi connectivity index (χ3v) is 4.88. The van der Waals surface area contributed by atoms with E-state index < -0.39 is 69.6 Å². The van der Waals surface area contributed by atoms with Crippen LogP contribution in [0, 0.1) is 0 Å². The summed E-state index contributed by atoms with van der Waals surface area (Å²) in [6.45, 7) is 13.5. The topological polar surface area (TPSA) is 152 Å². The Balaban J connectivity index is 2.47. The Labute approximate surface area is 239 Å². The quantitative estimate of drug-likeness (QED) is 0.255. The van der Waals surface area contributed by atoms with E-state index in [9.17, 15) is 27.6 Å². The largest absolute Gasteiger partial charge is 0.443 e. The maximum absolute atomic E-state index is 14.6. The number of hydrogen-bond acceptors (Lipinski definition) is 10. The Morgan fingerprint density at radius 1 is 0.786 bits per heavy atom. The summed E-state index contributed by atoms with van der Waals surface area (Å²) in [5.74, 6) is -1.39. The number of benzene rings is 1. The van der Waals surface area contributed by atoms with Gasteiger partial charge in [0.2, 0.25) is 0 Å². The van der Waals surface area contributed by atoms with Gasteiger partial charge in [-0.25, -0.2) is 24.4 Å². The van der Waals surface area contributed by atoms with Crippen molar-refractivity contribution in [2.45, 2.75) is 85.3 Å². The Bertz CT molecular complexity index is 1490. The molecule has 12 nitrogen and oxygen atoms in total. The van der Waals surface area contributed by atoms with Gasteiger partial charge in [0.1, 0.15) is 16.8 Å². The van der Waals surface area contributed by atoms with Crippen LogP contribution in [0.5, 0.6) is 0 Å². The standard InChI is InChI=1S/C27H33F3N6O6/c1-24(2,3)40-21(37)35(22(38)41-25(4,5)6)20-16-17(27(28,29)30)32-18(14-10-12-15(31)13-11-14)33-19(16)36(34-20)23(39)42-26(7,8)9/h10-13H,31H2,1-9H3. The van der Waals surface area contributed by atoms with Crippen LogP contribution in [0.15, 0.2) is 24.3 Å². The highest BCUT2D eigenvalue weighted by atomic mass is 19.4. The van der Waals surface area contributed by atoms with E-state index in [4.69, 9.17) is 19.9 Å². The molecule has 0 atom stereocenters. The van der Waals surface area contributed by atoms with E-state index in [1.165, 1.54) is 86.6 Å². The van der Waals surface area contributed by atoms with Crippen LogP contribution in [0.25, 0.3) is 22.4 Å². The Kier molecular flexibility index (Phi) is 8.22. The minimum atomic E-state index is -5.17. The zero-order valence-corrected chi connectivity index (χ0v) is 24.7. The third-order valence-electron chi connectivity index (χ3n) is 4.88. The van der Waals surface area contributed by atoms with Crippen LogP contribution in [-0.2, 0) is 20.4 Å². The van der Waals surface area contributed by atoms with Gasteiger partial charge in [-0.3, -0.25) is 0 Å². The summed E-state index contributed by atoms with van der Waals surface area (Å²) in [5.41, 5.74) is 0.421. The molecule has 0 spiro atoms. The average Bonchev–Trinajstić information content (AvgIpc) is 3.14. The van der Waals surface area contributed by atoms with E-state index in [0.29, 0.717) is 10.4 Å². The van der Waals surface area contributed by atoms with Crippen LogP contribution in [0.1, 0.15) is 68.0 Å². The van der Waals surface area contributed by atoms with Crippen LogP contribution in [0.3, 0.4) is 0 Å². The van der Waals surface area contributed by atoms with Gasteiger partial charge in [0.05, 0.1) is 5.39 Å². The Morgan fingerprint density at radius 3 is 1.69 bits per heavy atom. The van der Waals surface area contributed by atoms with Crippen molar-refractivity contribution in [1.29, 1.82) is 0 Å². The summed E-state index contributed by atoms with van der Waals surface area (Å²) in [5, 5.41) is 3.00. The van der Waals surface area contributed by atoms with Crippen LogP contribution in [-0.4, -0.2) is 54.8 Å². The maximum atomic E-state index is 14.6. The lowest BCUT2D eigenvalue weighted by Gasteiger charge is -2.27. The fourth-order valence-electron chi connectivity index (χ4n) is 3.42. The number of hydrogen-bond donors (Lipinski definition) is 1. The molecular weight excluding hydrogens is 561 g/mol. The van der Waals surface area contributed by atoms with E-state index in [1.807, 2.05) is 0 Å². The zero-order valence-electron chi connectivity index (χ0n) is 24.7. The fraction of sp³-hybridized carbons (Fsp3) is 0.481. The van der Waals surface area contributed by atoms with Gasteiger partial charge in [0, 0.05) is 11.3 Å². The number of aromatic nitrogens is 4. The summed E-state index contributed by atoms with van der Waals surface area (Å²) in [4.78, 5) is 47.9. The van der Waals surface area contributed by atoms with E-state index in [1.54, 1.807) is 0 Å². The Hall–Kier alpha value is -4.43. The molecule has 228 valence electrons. The molecule has 0 bridgehead atoms. The Morgan fingerprint density at radius 2 is 1.26 bits per heavy atom. The number of rotatable bonds is 2. The summed E-state index contributed by atoms with van der Waals surface area (Å²) in [6.07, 6.45) is -9.23. The number of nitrogens with zero attached hydrogens (tertiary/aromatic N) is 5. The number of halogens is 3. The molecule has 0 aliphatic rings. The lowest BCUT2D eigenvalue weighted by Crippen LogP contribution is -2.44. The van der Waals surface area contributed by atoms with Crippen molar-refractivity contribution in [2.24, 2.45) is 0 Å². The van der Waals surface area contributed by atoms with Gasteiger partial charge in [0.15, 0.2) is 23.0 Å². The first-order chi connectivity index (χ1) is 19.0. The molecule has 2 N–H and O–H groups in total. The molecule has 0 saturated carbocycles. The maximum Gasteiger partial charge on any atom is 0.437 e. The predicted molar refractivity (Wildman–Crippen MR) is 147 cm³/mol. The lowest BCUT2D eigenvalue weighted by atomic mass is 10.1. The highest BCUT2D eigenvalue weighted by Crippen LogP contribution is 2.40. The molecule has 2 amide bonds. The number of carbonyl (C=O) groups excluding carboxylic acids is 3. The summed E-state index contributed by atoms with van der Waals surface area (Å²) < 4.78 is 60.3. The van der Waals surface area contributed by atoms with Crippen molar-refractivity contribution >= 4 is 40.8 Å². The van der Waals surface area contributed by atoms with E-state index in [-0.39, 0.29) is 10.5 Å². The summed E-state index contributed by atoms with van der Waals surface area (Å²) in [7, 11) is 0. The molecule has 3 aromatic rings. The monoisotopic (exact) mass is 594 g/mol. The van der Waals surface area contributed by atoms with Crippen LogP contribution in [0.4, 0.5) is 39.1 Å². The van der Waals surface area contributed by atoms with Crippen LogP contribution < -0.4 is 10.6 Å². The number of alkyl halides is 3. The van der Waals surface area contributed by atoms with Gasteiger partial charge in [-0.1, -0.05) is 0 Å². The highest BCUT2D eigenvalue weighted by Gasteiger charge is 2.44. The zero-order chi connectivity index (χ0) is 32.0. The number of fused-ring (bicyclic) bond motifs is 1. The molecular formula is C27H33F3N6O6. The first-order valence-electron chi connectivity index (χ1n) is 12.7. The van der Waals surface area contributed by atoms with Gasteiger partial charge in [0.25, 0.3) is 0 Å². The van der Waals surface area contributed by atoms with Gasteiger partial charge in [-0.15, -0.1) is 9.78 Å². The second kappa shape index (κ2) is 10.8. The molecule has 0 fully saturated rings. The number of ether oxygens (including phenoxy) is 3. The minimum Gasteiger partial charge on any atom is -0.443 e. The molecule has 2 aromatic heterocycles. The molecule has 3 rings (SSSR count). The average molecular weight is 595 g/mol. The normalized spacial score (nSPS) is 12.7. The van der Waals surface area contributed by atoms with Crippen molar-refractivity contribution in [1.82, 2.24) is 19.7 Å². The van der Waals surface area contributed by atoms with Gasteiger partial charge in [-0.05, 0) is 86.6 Å². The van der Waals surface area contributed by atoms with Crippen molar-refractivity contribution in [3.63, 3.8) is 0 Å². The van der Waals surface area contributed by atoms with Crippen molar-refractivity contribution < 1.29 is 41.8 Å². The van der Waals surface area contributed by atoms with Crippen molar-refractivity contribution in [3.05, 3.63) is 30.0 Å². The number of nitrogens with two attached hydrogens (primary N) is 1. The minimum absolute atomic E-state index is 0.131. The van der Waals surface area contributed by atoms with E-state index in [0.717, 1.165) is 0 Å². The third kappa shape index (κ3) is 7.64. The number of amides is 2. The SMILES string of the molecule is CC(C)(C)OC(=O)N(C(=O)OC(C)(C)C)c1nn(C(=O)OC(C)(C)C)c2nc(-c3ccc(N)cc3)nc(C(F)(F)F)c12. The molecule has 0 radical (unpaired) electrons. The smallest absolute Gasteiger partial charge is 0.437 e. The molecule has 0 saturated heterocycles. The number of nitrogen functional groups attached to an aromatic ring is 1. The number of carbonyl (C=O) groups is 3. The van der Waals surface area contributed by atoms with E-state index in [2.05, 4.69) is 15.1 Å². The molecule has 0 aliphatic heterocycles. The van der Waals surface area contributed by atoms with Gasteiger partial charge >= 0.3 is 24.5 Å². The van der Waals surface area contributed by atoms with Gasteiger partial charge in [-0.2, -0.15) is 18.1 Å². The molecule has 2 heterocycles. The number of imide groups is 1. The molecule has 0 aliphatic carbocycles. The second-order valence-electron chi connectivity index (χ2n) is 12.2. The lowest BCUT2D eigenvalue weighted by molar-refractivity contribution is -0.139.